The van der Waals surface area contributed by atoms with E-state index in [0.717, 1.165) is 70.5 Å². The van der Waals surface area contributed by atoms with Crippen LogP contribution in [0.3, 0.4) is 0 Å². The second-order valence-electron chi connectivity index (χ2n) is 19.3. The van der Waals surface area contributed by atoms with Crippen molar-refractivity contribution in [3.8, 4) is 17.2 Å². The van der Waals surface area contributed by atoms with Crippen LogP contribution in [-0.4, -0.2) is 135 Å². The van der Waals surface area contributed by atoms with E-state index >= 15 is 0 Å². The van der Waals surface area contributed by atoms with E-state index in [0.29, 0.717) is 67.0 Å². The molecule has 5 aliphatic heterocycles. The van der Waals surface area contributed by atoms with Crippen molar-refractivity contribution in [1.29, 1.82) is 10.8 Å². The van der Waals surface area contributed by atoms with Crippen LogP contribution in [0.1, 0.15) is 87.2 Å². The average Bonchev–Trinajstić information content (AvgIpc) is 4.09. The molecule has 0 radical (unpaired) electrons. The summed E-state index contributed by atoms with van der Waals surface area (Å²) in [6, 6.07) is 15.8. The lowest BCUT2D eigenvalue weighted by Crippen LogP contribution is -2.50. The Hall–Kier alpha value is -6.76. The summed E-state index contributed by atoms with van der Waals surface area (Å²) in [5.74, 6) is -0.267. The fourth-order valence-corrected chi connectivity index (χ4v) is 11.2. The fraction of sp³-hybridized carbons (Fsp3) is 0.415. The van der Waals surface area contributed by atoms with Crippen molar-refractivity contribution in [3.05, 3.63) is 99.8 Å². The molecular weight excluding hydrogens is 925 g/mol. The molecule has 4 N–H and O–H groups in total. The summed E-state index contributed by atoms with van der Waals surface area (Å²) >= 11 is 1.61. The first-order valence-corrected chi connectivity index (χ1v) is 24.9. The van der Waals surface area contributed by atoms with Gasteiger partial charge in [-0.1, -0.05) is 20.8 Å². The monoisotopic (exact) mass is 984 g/mol. The van der Waals surface area contributed by atoms with E-state index in [4.69, 9.17) is 30.0 Å². The number of hydrogen-bond donors (Lipinski definition) is 4. The third kappa shape index (κ3) is 9.47. The molecule has 1 aromatic heterocycles. The predicted molar refractivity (Wildman–Crippen MR) is 270 cm³/mol. The summed E-state index contributed by atoms with van der Waals surface area (Å²) in [5.41, 5.74) is 5.43. The maximum atomic E-state index is 13.8. The molecule has 4 aromatic rings. The highest BCUT2D eigenvalue weighted by molar-refractivity contribution is 7.97. The molecule has 9 rings (SSSR count). The normalized spacial score (nSPS) is 20.2. The van der Waals surface area contributed by atoms with Crippen molar-refractivity contribution >= 4 is 70.2 Å². The van der Waals surface area contributed by atoms with Gasteiger partial charge in [0.15, 0.2) is 0 Å². The number of hydrogen-bond acceptors (Lipinski definition) is 15. The zero-order valence-electron chi connectivity index (χ0n) is 40.9. The minimum Gasteiger partial charge on any atom is -0.508 e. The van der Waals surface area contributed by atoms with E-state index in [-0.39, 0.29) is 65.7 Å². The SMILES string of the molecule is CCc1c2c(nc3ccc(OC(=O)N(C)C4CCN(C(=O)C5CCN(Sc6ccc(N(C(C)=N)C(=N)c7cc(C(C)C)c(O)cc7O)cc6)CC5)CC4)cc13)/C(=C/C1=C(C=O)COC(=O)C13CO3)N(C)C2. The van der Waals surface area contributed by atoms with E-state index in [9.17, 15) is 29.4 Å². The van der Waals surface area contributed by atoms with Gasteiger partial charge in [-0.15, -0.1) is 0 Å². The van der Waals surface area contributed by atoms with Gasteiger partial charge in [-0.25, -0.2) is 18.9 Å². The van der Waals surface area contributed by atoms with Crippen LogP contribution >= 0.6 is 11.9 Å². The number of aromatic hydroxyl groups is 2. The van der Waals surface area contributed by atoms with Crippen LogP contribution in [0.4, 0.5) is 10.5 Å². The lowest BCUT2D eigenvalue weighted by atomic mass is 9.91. The molecule has 0 aliphatic carbocycles. The van der Waals surface area contributed by atoms with E-state index in [1.165, 1.54) is 11.0 Å². The number of esters is 1. The topological polar surface area (TPSA) is 217 Å². The third-order valence-corrected chi connectivity index (χ3v) is 15.5. The van der Waals surface area contributed by atoms with Gasteiger partial charge in [-0.3, -0.25) is 25.3 Å². The summed E-state index contributed by atoms with van der Waals surface area (Å²) in [4.78, 5) is 65.2. The molecule has 1 spiro atoms. The maximum Gasteiger partial charge on any atom is 0.415 e. The van der Waals surface area contributed by atoms with Crippen molar-refractivity contribution in [2.45, 2.75) is 88.8 Å². The molecule has 3 aromatic carbocycles. The summed E-state index contributed by atoms with van der Waals surface area (Å²) < 4.78 is 19.0. The molecular formula is C53H60N8O9S. The zero-order valence-corrected chi connectivity index (χ0v) is 41.7. The number of amides is 2. The number of rotatable bonds is 11. The predicted octanol–water partition coefficient (Wildman–Crippen LogP) is 7.61. The molecule has 2 amide bonds. The molecule has 18 heteroatoms. The Labute approximate surface area is 417 Å². The molecule has 0 bridgehead atoms. The number of carbonyl (C=O) groups is 4. The van der Waals surface area contributed by atoms with Gasteiger partial charge in [0.2, 0.25) is 11.5 Å². The minimum absolute atomic E-state index is 0.0296. The number of aryl methyl sites for hydroxylation is 1. The second-order valence-corrected chi connectivity index (χ2v) is 20.4. The first-order valence-electron chi connectivity index (χ1n) is 24.2. The summed E-state index contributed by atoms with van der Waals surface area (Å²) in [6.45, 7) is 10.7. The number of benzene rings is 3. The van der Waals surface area contributed by atoms with Crippen molar-refractivity contribution in [3.63, 3.8) is 0 Å². The standard InChI is InChI=1S/C53H60N8O9S/c1-7-38-40-22-36(10-13-44(40)56-48-42(38)26-57(5)45(48)24-43-33(27-62)28-68-51(66)53(43)29-69-53)70-52(67)58(6)34-16-18-59(19-17-34)50(65)32-14-20-60(21-15-32)71-37-11-8-35(9-12-37)61(31(4)54)49(55)41-23-39(30(2)3)46(63)25-47(41)64/h8-13,22-25,27,30,32,34,54-55,63-64H,7,14-21,26,28-29H2,1-6H3/b45-24-,54-31?,55-49?. The largest absolute Gasteiger partial charge is 0.508 e. The number of aromatic nitrogens is 1. The van der Waals surface area contributed by atoms with Crippen LogP contribution in [0, 0.1) is 16.7 Å². The van der Waals surface area contributed by atoms with Crippen LogP contribution in [0.25, 0.3) is 16.6 Å². The number of aldehydes is 1. The van der Waals surface area contributed by atoms with Crippen molar-refractivity contribution in [1.82, 2.24) is 24.0 Å². The smallest absolute Gasteiger partial charge is 0.415 e. The molecule has 3 fully saturated rings. The van der Waals surface area contributed by atoms with Crippen LogP contribution in [-0.2, 0) is 36.8 Å². The Morgan fingerprint density at radius 3 is 2.35 bits per heavy atom. The van der Waals surface area contributed by atoms with Crippen molar-refractivity contribution < 1.29 is 43.6 Å². The first kappa shape index (κ1) is 49.2. The Balaban J connectivity index is 0.768. The van der Waals surface area contributed by atoms with Gasteiger partial charge < -0.3 is 39.1 Å². The Bertz CT molecular complexity index is 2900. The van der Waals surface area contributed by atoms with E-state index in [1.54, 1.807) is 43.0 Å². The number of nitrogens with one attached hydrogen (secondary N) is 2. The van der Waals surface area contributed by atoms with E-state index in [1.807, 2.05) is 73.2 Å². The Morgan fingerprint density at radius 2 is 1.72 bits per heavy atom. The number of pyridine rings is 1. The van der Waals surface area contributed by atoms with Gasteiger partial charge >= 0.3 is 12.1 Å². The number of anilines is 1. The molecule has 0 saturated carbocycles. The van der Waals surface area contributed by atoms with E-state index in [2.05, 4.69) is 11.2 Å². The zero-order chi connectivity index (χ0) is 50.5. The number of phenolic OH excluding ortho intramolecular Hbond substituents is 2. The number of piperidine rings is 2. The number of carbonyl (C=O) groups excluding carboxylic acids is 4. The van der Waals surface area contributed by atoms with Gasteiger partial charge in [0.05, 0.1) is 29.1 Å². The van der Waals surface area contributed by atoms with Gasteiger partial charge in [-0.2, -0.15) is 0 Å². The van der Waals surface area contributed by atoms with Crippen LogP contribution in [0.5, 0.6) is 17.2 Å². The summed E-state index contributed by atoms with van der Waals surface area (Å²) in [5, 5.41) is 39.2. The number of likely N-dealkylation sites (tertiary alicyclic amines) is 1. The van der Waals surface area contributed by atoms with Gasteiger partial charge in [0, 0.05) is 97.5 Å². The highest BCUT2D eigenvalue weighted by atomic mass is 32.2. The minimum atomic E-state index is -1.25. The quantitative estimate of drug-likeness (QED) is 0.0284. The summed E-state index contributed by atoms with van der Waals surface area (Å²) in [6.07, 6.45) is 5.53. The Kier molecular flexibility index (Phi) is 13.7. The van der Waals surface area contributed by atoms with Crippen LogP contribution < -0.4 is 9.64 Å². The second kappa shape index (κ2) is 19.8. The van der Waals surface area contributed by atoms with Gasteiger partial charge in [0.1, 0.15) is 41.8 Å². The van der Waals surface area contributed by atoms with E-state index < -0.39 is 17.7 Å². The number of epoxide rings is 1. The maximum absolute atomic E-state index is 13.8. The Morgan fingerprint density at radius 1 is 1.01 bits per heavy atom. The highest BCUT2D eigenvalue weighted by Crippen LogP contribution is 2.45. The molecule has 372 valence electrons. The highest BCUT2D eigenvalue weighted by Gasteiger charge is 2.59. The number of phenols is 2. The van der Waals surface area contributed by atoms with Crippen molar-refractivity contribution in [2.24, 2.45) is 5.92 Å². The fourth-order valence-electron chi connectivity index (χ4n) is 10.3. The number of fused-ring (bicyclic) bond motifs is 2. The van der Waals surface area contributed by atoms with Crippen LogP contribution in [0.15, 0.2) is 76.7 Å². The molecule has 17 nitrogen and oxygen atoms in total. The summed E-state index contributed by atoms with van der Waals surface area (Å²) in [7, 11) is 3.69. The molecule has 1 atom stereocenters. The molecule has 1 unspecified atom stereocenters. The lowest BCUT2D eigenvalue weighted by Gasteiger charge is -2.39. The van der Waals surface area contributed by atoms with Gasteiger partial charge in [0.25, 0.3) is 0 Å². The number of amidine groups is 2. The average molecular weight is 985 g/mol. The third-order valence-electron chi connectivity index (χ3n) is 14.4. The number of nitrogens with zero attached hydrogens (tertiary/aromatic N) is 6. The lowest BCUT2D eigenvalue weighted by molar-refractivity contribution is -0.148. The molecule has 3 saturated heterocycles. The number of ether oxygens (including phenoxy) is 3. The van der Waals surface area contributed by atoms with Crippen LogP contribution in [0.2, 0.25) is 0 Å². The number of cyclic esters (lactones) is 1. The molecule has 71 heavy (non-hydrogen) atoms. The molecule has 6 heterocycles. The van der Waals surface area contributed by atoms with Gasteiger partial charge in [-0.05, 0) is 123 Å². The van der Waals surface area contributed by atoms with Crippen molar-refractivity contribution in [2.75, 3.05) is 58.4 Å². The molecule has 5 aliphatic rings. The first-order chi connectivity index (χ1) is 34.0.